The van der Waals surface area contributed by atoms with E-state index >= 15 is 0 Å². The molecule has 1 fully saturated rings. The minimum absolute atomic E-state index is 0.0678. The zero-order valence-electron chi connectivity index (χ0n) is 13.7. The molecule has 2 rings (SSSR count). The summed E-state index contributed by atoms with van der Waals surface area (Å²) in [5.41, 5.74) is 1.82. The fraction of sp³-hybridized carbons (Fsp3) is 0.588. The van der Waals surface area contributed by atoms with Crippen LogP contribution in [0.4, 0.5) is 16.2 Å². The van der Waals surface area contributed by atoms with Gasteiger partial charge < -0.3 is 20.2 Å². The van der Waals surface area contributed by atoms with E-state index in [1.165, 1.54) is 0 Å². The summed E-state index contributed by atoms with van der Waals surface area (Å²) < 4.78 is 0. The van der Waals surface area contributed by atoms with Gasteiger partial charge in [0.15, 0.2) is 0 Å². The van der Waals surface area contributed by atoms with Crippen molar-refractivity contribution < 1.29 is 9.90 Å². The first-order valence-corrected chi connectivity index (χ1v) is 7.94. The van der Waals surface area contributed by atoms with Gasteiger partial charge in [0.1, 0.15) is 0 Å². The second-order valence-corrected chi connectivity index (χ2v) is 6.31. The number of benzene rings is 1. The van der Waals surface area contributed by atoms with Crippen LogP contribution in [-0.2, 0) is 0 Å². The summed E-state index contributed by atoms with van der Waals surface area (Å²) in [5, 5.41) is 12.2. The molecule has 1 saturated carbocycles. The van der Waals surface area contributed by atoms with Gasteiger partial charge in [-0.3, -0.25) is 0 Å². The van der Waals surface area contributed by atoms with Gasteiger partial charge in [-0.2, -0.15) is 0 Å². The largest absolute Gasteiger partial charge is 0.396 e. The molecule has 0 aromatic heterocycles. The Labute approximate surface area is 132 Å². The van der Waals surface area contributed by atoms with Crippen molar-refractivity contribution in [3.8, 4) is 0 Å². The van der Waals surface area contributed by atoms with Gasteiger partial charge in [-0.1, -0.05) is 12.1 Å². The highest BCUT2D eigenvalue weighted by Gasteiger charge is 2.26. The number of urea groups is 1. The molecule has 1 aromatic rings. The summed E-state index contributed by atoms with van der Waals surface area (Å²) in [6.07, 6.45) is 3.91. The highest BCUT2D eigenvalue weighted by Crippen LogP contribution is 2.28. The predicted molar refractivity (Wildman–Crippen MR) is 90.4 cm³/mol. The molecule has 2 amide bonds. The molecule has 5 heteroatoms. The molecule has 0 atom stereocenters. The molecule has 0 radical (unpaired) electrons. The smallest absolute Gasteiger partial charge is 0.321 e. The van der Waals surface area contributed by atoms with Crippen LogP contribution in [0.3, 0.4) is 0 Å². The third-order valence-electron chi connectivity index (χ3n) is 4.57. The first-order valence-electron chi connectivity index (χ1n) is 7.94. The van der Waals surface area contributed by atoms with E-state index in [9.17, 15) is 9.90 Å². The van der Waals surface area contributed by atoms with Crippen molar-refractivity contribution in [3.63, 3.8) is 0 Å². The molecule has 1 aliphatic rings. The maximum Gasteiger partial charge on any atom is 0.321 e. The number of rotatable bonds is 4. The molecule has 0 heterocycles. The number of amides is 2. The van der Waals surface area contributed by atoms with E-state index in [0.717, 1.165) is 37.1 Å². The first kappa shape index (κ1) is 16.6. The summed E-state index contributed by atoms with van der Waals surface area (Å²) in [6, 6.07) is 7.99. The van der Waals surface area contributed by atoms with E-state index in [2.05, 4.69) is 5.32 Å². The molecule has 2 N–H and O–H groups in total. The molecule has 0 unspecified atom stereocenters. The Balaban J connectivity index is 1.97. The fourth-order valence-corrected chi connectivity index (χ4v) is 3.05. The number of para-hydroxylation sites is 2. The van der Waals surface area contributed by atoms with E-state index in [0.29, 0.717) is 5.92 Å². The van der Waals surface area contributed by atoms with E-state index < -0.39 is 0 Å². The van der Waals surface area contributed by atoms with Crippen molar-refractivity contribution in [2.45, 2.75) is 31.7 Å². The molecule has 0 aliphatic heterocycles. The van der Waals surface area contributed by atoms with Gasteiger partial charge >= 0.3 is 6.03 Å². The number of carbonyl (C=O) groups is 1. The Morgan fingerprint density at radius 2 is 1.82 bits per heavy atom. The zero-order chi connectivity index (χ0) is 16.1. The van der Waals surface area contributed by atoms with Crippen LogP contribution in [0.25, 0.3) is 0 Å². The van der Waals surface area contributed by atoms with Gasteiger partial charge in [0.2, 0.25) is 0 Å². The number of nitrogens with one attached hydrogen (secondary N) is 1. The van der Waals surface area contributed by atoms with Gasteiger partial charge in [-0.15, -0.1) is 0 Å². The van der Waals surface area contributed by atoms with Crippen molar-refractivity contribution in [3.05, 3.63) is 24.3 Å². The molecular formula is C17H27N3O2. The molecule has 1 aromatic carbocycles. The zero-order valence-corrected chi connectivity index (χ0v) is 13.7. The molecule has 1 aliphatic carbocycles. The number of hydrogen-bond acceptors (Lipinski definition) is 3. The number of anilines is 2. The van der Waals surface area contributed by atoms with Crippen molar-refractivity contribution in [1.82, 2.24) is 4.90 Å². The lowest BCUT2D eigenvalue weighted by Gasteiger charge is -2.34. The molecule has 0 saturated heterocycles. The van der Waals surface area contributed by atoms with Gasteiger partial charge in [0.05, 0.1) is 11.4 Å². The lowest BCUT2D eigenvalue weighted by Crippen LogP contribution is -2.42. The lowest BCUT2D eigenvalue weighted by atomic mass is 9.86. The number of carbonyl (C=O) groups excluding carboxylic acids is 1. The van der Waals surface area contributed by atoms with Crippen molar-refractivity contribution in [1.29, 1.82) is 0 Å². The van der Waals surface area contributed by atoms with Gasteiger partial charge in [0.25, 0.3) is 0 Å². The van der Waals surface area contributed by atoms with E-state index in [-0.39, 0.29) is 18.7 Å². The molecule has 0 bridgehead atoms. The topological polar surface area (TPSA) is 55.8 Å². The fourth-order valence-electron chi connectivity index (χ4n) is 3.05. The van der Waals surface area contributed by atoms with E-state index in [1.54, 1.807) is 4.90 Å². The molecule has 22 heavy (non-hydrogen) atoms. The minimum Gasteiger partial charge on any atom is -0.396 e. The summed E-state index contributed by atoms with van der Waals surface area (Å²) in [6.45, 7) is 0.263. The SMILES string of the molecule is CN(C)c1ccccc1NC(=O)N(C)C1CCC(CO)CC1. The molecule has 0 spiro atoms. The summed E-state index contributed by atoms with van der Waals surface area (Å²) in [7, 11) is 5.79. The van der Waals surface area contributed by atoms with Gasteiger partial charge in [0, 0.05) is 33.8 Å². The average Bonchev–Trinajstić information content (AvgIpc) is 2.54. The predicted octanol–water partition coefficient (Wildman–Crippen LogP) is 2.77. The van der Waals surface area contributed by atoms with Crippen LogP contribution >= 0.6 is 0 Å². The Bertz CT molecular complexity index is 496. The van der Waals surface area contributed by atoms with Crippen LogP contribution in [0.15, 0.2) is 24.3 Å². The third-order valence-corrected chi connectivity index (χ3v) is 4.57. The second kappa shape index (κ2) is 7.49. The standard InChI is InChI=1S/C17H27N3O2/c1-19(2)16-7-5-4-6-15(16)18-17(22)20(3)14-10-8-13(12-21)9-11-14/h4-7,13-14,21H,8-12H2,1-3H3,(H,18,22). The number of nitrogens with zero attached hydrogens (tertiary/aromatic N) is 2. The Kier molecular flexibility index (Phi) is 5.66. The summed E-state index contributed by atoms with van der Waals surface area (Å²) >= 11 is 0. The molecular weight excluding hydrogens is 278 g/mol. The first-order chi connectivity index (χ1) is 10.5. The van der Waals surface area contributed by atoms with Gasteiger partial charge in [-0.05, 0) is 43.7 Å². The number of hydrogen-bond donors (Lipinski definition) is 2. The maximum atomic E-state index is 12.5. The van der Waals surface area contributed by atoms with Crippen LogP contribution in [0.2, 0.25) is 0 Å². The lowest BCUT2D eigenvalue weighted by molar-refractivity contribution is 0.139. The van der Waals surface area contributed by atoms with E-state index in [1.807, 2.05) is 50.3 Å². The average molecular weight is 305 g/mol. The molecule has 122 valence electrons. The second-order valence-electron chi connectivity index (χ2n) is 6.31. The summed E-state index contributed by atoms with van der Waals surface area (Å²) in [4.78, 5) is 16.3. The monoisotopic (exact) mass is 305 g/mol. The van der Waals surface area contributed by atoms with Crippen molar-refractivity contribution >= 4 is 17.4 Å². The van der Waals surface area contributed by atoms with Crippen LogP contribution in [-0.4, -0.2) is 49.8 Å². The molecule has 5 nitrogen and oxygen atoms in total. The van der Waals surface area contributed by atoms with Crippen LogP contribution in [0.1, 0.15) is 25.7 Å². The minimum atomic E-state index is -0.0678. The Morgan fingerprint density at radius 1 is 1.18 bits per heavy atom. The Morgan fingerprint density at radius 3 is 2.41 bits per heavy atom. The van der Waals surface area contributed by atoms with Crippen molar-refractivity contribution in [2.24, 2.45) is 5.92 Å². The highest BCUT2D eigenvalue weighted by atomic mass is 16.3. The quantitative estimate of drug-likeness (QED) is 0.899. The van der Waals surface area contributed by atoms with Crippen LogP contribution < -0.4 is 10.2 Å². The normalized spacial score (nSPS) is 21.3. The summed E-state index contributed by atoms with van der Waals surface area (Å²) in [5.74, 6) is 0.405. The van der Waals surface area contributed by atoms with Gasteiger partial charge in [-0.25, -0.2) is 4.79 Å². The highest BCUT2D eigenvalue weighted by molar-refractivity contribution is 5.93. The van der Waals surface area contributed by atoms with Crippen LogP contribution in [0, 0.1) is 5.92 Å². The van der Waals surface area contributed by atoms with E-state index in [4.69, 9.17) is 0 Å². The maximum absolute atomic E-state index is 12.5. The number of aliphatic hydroxyl groups excluding tert-OH is 1. The number of aliphatic hydroxyl groups is 1. The van der Waals surface area contributed by atoms with Crippen LogP contribution in [0.5, 0.6) is 0 Å². The Hall–Kier alpha value is -1.75. The third kappa shape index (κ3) is 3.91. The van der Waals surface area contributed by atoms with Crippen molar-refractivity contribution in [2.75, 3.05) is 38.0 Å².